The molecule has 3 rings (SSSR count). The molecule has 6 nitrogen and oxygen atoms in total. The predicted molar refractivity (Wildman–Crippen MR) is 118 cm³/mol. The van der Waals surface area contributed by atoms with Gasteiger partial charge in [0.25, 0.3) is 0 Å². The van der Waals surface area contributed by atoms with Crippen LogP contribution in [0.1, 0.15) is 44.5 Å². The van der Waals surface area contributed by atoms with Crippen LogP contribution in [-0.2, 0) is 20.7 Å². The fourth-order valence-corrected chi connectivity index (χ4v) is 2.90. The van der Waals surface area contributed by atoms with E-state index in [9.17, 15) is 4.79 Å². The highest BCUT2D eigenvalue weighted by Crippen LogP contribution is 2.38. The first-order valence-corrected chi connectivity index (χ1v) is 10.1. The second-order valence-corrected chi connectivity index (χ2v) is 8.48. The molecule has 1 saturated heterocycles. The number of aromatic nitrogens is 1. The minimum atomic E-state index is -0.590. The van der Waals surface area contributed by atoms with Gasteiger partial charge in [-0.05, 0) is 63.4 Å². The smallest absolute Gasteiger partial charge is 0.445 e. The molecule has 1 aromatic heterocycles. The zero-order valence-electron chi connectivity index (χ0n) is 18.3. The number of carbonyl (C=O) groups excluding carboxylic acids is 1. The van der Waals surface area contributed by atoms with E-state index in [4.69, 9.17) is 14.0 Å². The first kappa shape index (κ1) is 22.1. The summed E-state index contributed by atoms with van der Waals surface area (Å²) in [5.41, 5.74) is 2.58. The number of nitrogens with zero attached hydrogens (tertiary/aromatic N) is 1. The van der Waals surface area contributed by atoms with E-state index in [1.807, 2.05) is 83.2 Å². The first-order chi connectivity index (χ1) is 14.2. The van der Waals surface area contributed by atoms with Crippen molar-refractivity contribution in [2.45, 2.75) is 52.4 Å². The Bertz CT molecular complexity index is 879. The van der Waals surface area contributed by atoms with Crippen molar-refractivity contribution in [2.24, 2.45) is 0 Å². The molecule has 0 atom stereocenters. The van der Waals surface area contributed by atoms with Crippen LogP contribution in [0.3, 0.4) is 0 Å². The van der Waals surface area contributed by atoms with Crippen molar-refractivity contribution in [3.63, 3.8) is 0 Å². The number of aryl methyl sites for hydroxylation is 1. The summed E-state index contributed by atoms with van der Waals surface area (Å²) >= 11 is 0. The van der Waals surface area contributed by atoms with Crippen molar-refractivity contribution in [3.8, 4) is 0 Å². The molecule has 0 radical (unpaired) electrons. The first-order valence-electron chi connectivity index (χ1n) is 10.1. The Labute approximate surface area is 178 Å². The molecule has 7 heteroatoms. The van der Waals surface area contributed by atoms with Crippen LogP contribution in [0.5, 0.6) is 0 Å². The molecule has 2 heterocycles. The molecule has 1 amide bonds. The third-order valence-corrected chi connectivity index (χ3v) is 5.47. The summed E-state index contributed by atoms with van der Waals surface area (Å²) in [7, 11) is -0.590. The van der Waals surface area contributed by atoms with Gasteiger partial charge in [-0.1, -0.05) is 36.4 Å². The van der Waals surface area contributed by atoms with Crippen LogP contribution in [0.2, 0.25) is 0 Å². The molecule has 1 fully saturated rings. The molecule has 0 spiro atoms. The van der Waals surface area contributed by atoms with Crippen LogP contribution < -0.4 is 5.32 Å². The van der Waals surface area contributed by atoms with Gasteiger partial charge in [0, 0.05) is 12.7 Å². The van der Waals surface area contributed by atoms with Crippen molar-refractivity contribution in [1.82, 2.24) is 10.3 Å². The molecule has 1 aliphatic heterocycles. The fourth-order valence-electron chi connectivity index (χ4n) is 2.90. The lowest BCUT2D eigenvalue weighted by molar-refractivity contribution is 0.00578. The van der Waals surface area contributed by atoms with E-state index in [1.54, 1.807) is 6.20 Å². The molecule has 0 saturated carbocycles. The highest BCUT2D eigenvalue weighted by Gasteiger charge is 2.52. The zero-order chi connectivity index (χ0) is 21.8. The van der Waals surface area contributed by atoms with E-state index in [-0.39, 0.29) is 13.2 Å². The maximum Gasteiger partial charge on any atom is 0.492 e. The molecular weight excluding hydrogens is 379 g/mol. The number of ether oxygens (including phenoxy) is 1. The van der Waals surface area contributed by atoms with Gasteiger partial charge in [-0.25, -0.2) is 4.79 Å². The Balaban J connectivity index is 1.70. The molecule has 158 valence electrons. The summed E-state index contributed by atoms with van der Waals surface area (Å²) in [4.78, 5) is 16.7. The van der Waals surface area contributed by atoms with Crippen LogP contribution in [0.15, 0.2) is 54.1 Å². The molecule has 0 unspecified atom stereocenters. The average molecular weight is 408 g/mol. The van der Waals surface area contributed by atoms with Crippen LogP contribution in [0.25, 0.3) is 6.08 Å². The number of pyridine rings is 1. The molecule has 1 aromatic carbocycles. The SMILES string of the molecule is Cc1ccc(C=C(CNC(=O)OCc2ccccc2)B2OC(C)(C)C(C)(C)O2)nc1. The Morgan fingerprint density at radius 1 is 1.10 bits per heavy atom. The summed E-state index contributed by atoms with van der Waals surface area (Å²) in [5, 5.41) is 2.80. The molecular formula is C23H29BN2O4. The van der Waals surface area contributed by atoms with E-state index in [0.717, 1.165) is 22.3 Å². The highest BCUT2D eigenvalue weighted by molar-refractivity contribution is 6.56. The monoisotopic (exact) mass is 408 g/mol. The van der Waals surface area contributed by atoms with E-state index in [2.05, 4.69) is 10.3 Å². The van der Waals surface area contributed by atoms with Crippen LogP contribution in [0, 0.1) is 6.92 Å². The van der Waals surface area contributed by atoms with E-state index < -0.39 is 24.4 Å². The minimum absolute atomic E-state index is 0.210. The van der Waals surface area contributed by atoms with Gasteiger partial charge in [-0.2, -0.15) is 0 Å². The maximum atomic E-state index is 12.2. The van der Waals surface area contributed by atoms with Crippen molar-refractivity contribution in [1.29, 1.82) is 0 Å². The lowest BCUT2D eigenvalue weighted by atomic mass is 9.77. The average Bonchev–Trinajstić information content (AvgIpc) is 2.93. The number of rotatable bonds is 6. The van der Waals surface area contributed by atoms with Crippen molar-refractivity contribution in [3.05, 3.63) is 71.0 Å². The quantitative estimate of drug-likeness (QED) is 0.721. The second kappa shape index (κ2) is 9.02. The maximum absolute atomic E-state index is 12.2. The Kier molecular flexibility index (Phi) is 6.63. The number of nitrogens with one attached hydrogen (secondary N) is 1. The lowest BCUT2D eigenvalue weighted by Crippen LogP contribution is -2.41. The summed E-state index contributed by atoms with van der Waals surface area (Å²) < 4.78 is 17.7. The topological polar surface area (TPSA) is 69.7 Å². The summed E-state index contributed by atoms with van der Waals surface area (Å²) in [5.74, 6) is 0. The standard InChI is InChI=1S/C23H29BN2O4/c1-17-11-12-20(25-14-17)13-19(24-29-22(2,3)23(4,5)30-24)15-26-21(27)28-16-18-9-7-6-8-10-18/h6-14H,15-16H2,1-5H3,(H,26,27). The number of hydrogen-bond donors (Lipinski definition) is 1. The molecule has 2 aromatic rings. The van der Waals surface area contributed by atoms with E-state index >= 15 is 0 Å². The Morgan fingerprint density at radius 2 is 1.77 bits per heavy atom. The van der Waals surface area contributed by atoms with Gasteiger partial charge in [-0.3, -0.25) is 4.98 Å². The van der Waals surface area contributed by atoms with Gasteiger partial charge in [-0.15, -0.1) is 0 Å². The van der Waals surface area contributed by atoms with Gasteiger partial charge in [0.2, 0.25) is 0 Å². The van der Waals surface area contributed by atoms with Gasteiger partial charge in [0.1, 0.15) is 6.61 Å². The summed E-state index contributed by atoms with van der Waals surface area (Å²) in [6, 6.07) is 13.5. The Morgan fingerprint density at radius 3 is 2.37 bits per heavy atom. The van der Waals surface area contributed by atoms with Crippen molar-refractivity contribution >= 4 is 19.3 Å². The number of amides is 1. The highest BCUT2D eigenvalue weighted by atomic mass is 16.7. The third-order valence-electron chi connectivity index (χ3n) is 5.47. The number of alkyl carbamates (subject to hydrolysis) is 1. The lowest BCUT2D eigenvalue weighted by Gasteiger charge is -2.32. The molecule has 30 heavy (non-hydrogen) atoms. The number of hydrogen-bond acceptors (Lipinski definition) is 5. The summed E-state index contributed by atoms with van der Waals surface area (Å²) in [6.07, 6.45) is 3.19. The normalized spacial score (nSPS) is 17.6. The molecule has 1 aliphatic rings. The van der Waals surface area contributed by atoms with E-state index in [0.29, 0.717) is 0 Å². The Hall–Kier alpha value is -2.64. The van der Waals surface area contributed by atoms with Gasteiger partial charge < -0.3 is 19.4 Å². The van der Waals surface area contributed by atoms with Gasteiger partial charge >= 0.3 is 13.2 Å². The van der Waals surface area contributed by atoms with Crippen LogP contribution in [0.4, 0.5) is 4.79 Å². The summed E-state index contributed by atoms with van der Waals surface area (Å²) in [6.45, 7) is 10.4. The zero-order valence-corrected chi connectivity index (χ0v) is 18.3. The van der Waals surface area contributed by atoms with Crippen molar-refractivity contribution < 1.29 is 18.8 Å². The fraction of sp³-hybridized carbons (Fsp3) is 0.391. The van der Waals surface area contributed by atoms with E-state index in [1.165, 1.54) is 0 Å². The predicted octanol–water partition coefficient (Wildman–Crippen LogP) is 4.33. The third kappa shape index (κ3) is 5.49. The number of benzene rings is 1. The van der Waals surface area contributed by atoms with Crippen LogP contribution >= 0.6 is 0 Å². The van der Waals surface area contributed by atoms with Gasteiger partial charge in [0.15, 0.2) is 0 Å². The molecule has 0 aliphatic carbocycles. The largest absolute Gasteiger partial charge is 0.492 e. The number of carbonyl (C=O) groups is 1. The molecule has 1 N–H and O–H groups in total. The minimum Gasteiger partial charge on any atom is -0.445 e. The molecule has 0 bridgehead atoms. The van der Waals surface area contributed by atoms with Crippen LogP contribution in [-0.4, -0.2) is 35.9 Å². The second-order valence-electron chi connectivity index (χ2n) is 8.48. The van der Waals surface area contributed by atoms with Crippen molar-refractivity contribution in [2.75, 3.05) is 6.54 Å². The van der Waals surface area contributed by atoms with Gasteiger partial charge in [0.05, 0.1) is 16.9 Å².